The van der Waals surface area contributed by atoms with E-state index < -0.39 is 11.7 Å². The van der Waals surface area contributed by atoms with Crippen molar-refractivity contribution in [1.29, 1.82) is 0 Å². The smallest absolute Gasteiger partial charge is 0.322 e. The van der Waals surface area contributed by atoms with E-state index >= 15 is 0 Å². The monoisotopic (exact) mass is 253 g/mol. The van der Waals surface area contributed by atoms with E-state index in [4.69, 9.17) is 0 Å². The molecule has 13 heavy (non-hydrogen) atoms. The predicted molar refractivity (Wildman–Crippen MR) is 48.7 cm³/mol. The average Bonchev–Trinajstić information content (AvgIpc) is 2.03. The number of benzene rings is 1. The zero-order valence-electron chi connectivity index (χ0n) is 6.74. The van der Waals surface area contributed by atoms with Crippen LogP contribution in [0.15, 0.2) is 18.2 Å². The van der Waals surface area contributed by atoms with Gasteiger partial charge in [-0.1, -0.05) is 6.07 Å². The molecule has 0 amide bonds. The minimum Gasteiger partial charge on any atom is -0.322 e. The summed E-state index contributed by atoms with van der Waals surface area (Å²) in [5, 5.41) is 0. The molecule has 1 aromatic rings. The summed E-state index contributed by atoms with van der Waals surface area (Å²) in [5.74, 6) is 0. The topological polar surface area (TPSA) is 12.0 Å². The van der Waals surface area contributed by atoms with Gasteiger partial charge in [-0.05, 0) is 24.6 Å². The first-order valence-corrected chi connectivity index (χ1v) is 4.29. The molecule has 0 radical (unpaired) electrons. The Labute approximate surface area is 82.3 Å². The summed E-state index contributed by atoms with van der Waals surface area (Å²) >= 11 is 2.89. The van der Waals surface area contributed by atoms with Crippen molar-refractivity contribution >= 4 is 21.8 Å². The molecule has 1 N–H and O–H groups in total. The van der Waals surface area contributed by atoms with Crippen LogP contribution in [0.2, 0.25) is 0 Å². The summed E-state index contributed by atoms with van der Waals surface area (Å²) in [5.41, 5.74) is 0.528. The lowest BCUT2D eigenvalue weighted by Gasteiger charge is -2.09. The Balaban J connectivity index is 3.14. The minimum absolute atomic E-state index is 0.426. The van der Waals surface area contributed by atoms with Crippen LogP contribution in [0.1, 0.15) is 11.1 Å². The van der Waals surface area contributed by atoms with Crippen molar-refractivity contribution in [2.75, 3.05) is 4.34 Å². The lowest BCUT2D eigenvalue weighted by atomic mass is 10.1. The number of hydrogen-bond acceptors (Lipinski definition) is 1. The molecule has 0 aromatic heterocycles. The van der Waals surface area contributed by atoms with Crippen LogP contribution in [0, 0.1) is 6.92 Å². The van der Waals surface area contributed by atoms with Crippen LogP contribution in [0.3, 0.4) is 0 Å². The number of halogens is 4. The number of alkyl halides is 3. The molecule has 1 rings (SSSR count). The van der Waals surface area contributed by atoms with E-state index in [0.717, 1.165) is 17.7 Å². The molecule has 0 aliphatic heterocycles. The maximum atomic E-state index is 12.2. The lowest BCUT2D eigenvalue weighted by Crippen LogP contribution is -2.05. The molecule has 0 atom stereocenters. The molecule has 0 heterocycles. The highest BCUT2D eigenvalue weighted by Crippen LogP contribution is 2.32. The molecule has 0 spiro atoms. The predicted octanol–water partition coefficient (Wildman–Crippen LogP) is 3.74. The molecular formula is C8H7BrF3N. The largest absolute Gasteiger partial charge is 0.416 e. The van der Waals surface area contributed by atoms with Gasteiger partial charge in [0.05, 0.1) is 5.56 Å². The number of anilines is 1. The van der Waals surface area contributed by atoms with Crippen LogP contribution in [-0.4, -0.2) is 0 Å². The second-order valence-corrected chi connectivity index (χ2v) is 3.02. The Morgan fingerprint density at radius 2 is 1.92 bits per heavy atom. The normalized spacial score (nSPS) is 11.5. The van der Waals surface area contributed by atoms with Crippen LogP contribution >= 0.6 is 16.1 Å². The first-order chi connectivity index (χ1) is 5.95. The molecule has 0 bridgehead atoms. The molecule has 72 valence electrons. The summed E-state index contributed by atoms with van der Waals surface area (Å²) in [6.45, 7) is 1.73. The Morgan fingerprint density at radius 1 is 1.31 bits per heavy atom. The molecule has 0 fully saturated rings. The number of rotatable bonds is 1. The summed E-state index contributed by atoms with van der Waals surface area (Å²) < 4.78 is 39.1. The van der Waals surface area contributed by atoms with Gasteiger partial charge in [-0.3, -0.25) is 0 Å². The standard InChI is InChI=1S/C8H7BrF3N/c1-5-2-3-6(8(10,11)12)4-7(5)13-9/h2-4,13H,1H3. The van der Waals surface area contributed by atoms with Gasteiger partial charge in [0.2, 0.25) is 0 Å². The van der Waals surface area contributed by atoms with Gasteiger partial charge in [0.1, 0.15) is 0 Å². The van der Waals surface area contributed by atoms with Crippen molar-refractivity contribution in [3.63, 3.8) is 0 Å². The van der Waals surface area contributed by atoms with E-state index in [1.807, 2.05) is 0 Å². The van der Waals surface area contributed by atoms with E-state index in [1.54, 1.807) is 6.92 Å². The van der Waals surface area contributed by atoms with Crippen LogP contribution < -0.4 is 4.34 Å². The Hall–Kier alpha value is -0.710. The highest BCUT2D eigenvalue weighted by Gasteiger charge is 2.30. The number of nitrogens with one attached hydrogen (secondary N) is 1. The van der Waals surface area contributed by atoms with Gasteiger partial charge in [0.25, 0.3) is 0 Å². The zero-order chi connectivity index (χ0) is 10.1. The van der Waals surface area contributed by atoms with Crippen molar-refractivity contribution in [2.45, 2.75) is 13.1 Å². The maximum absolute atomic E-state index is 12.2. The Bertz CT molecular complexity index is 309. The van der Waals surface area contributed by atoms with E-state index in [0.29, 0.717) is 5.69 Å². The molecule has 0 saturated carbocycles. The lowest BCUT2D eigenvalue weighted by molar-refractivity contribution is -0.137. The van der Waals surface area contributed by atoms with Crippen molar-refractivity contribution in [3.8, 4) is 0 Å². The van der Waals surface area contributed by atoms with Crippen LogP contribution in [0.25, 0.3) is 0 Å². The van der Waals surface area contributed by atoms with Crippen LogP contribution in [0.5, 0.6) is 0 Å². The van der Waals surface area contributed by atoms with Crippen molar-refractivity contribution in [2.24, 2.45) is 0 Å². The molecule has 0 unspecified atom stereocenters. The zero-order valence-corrected chi connectivity index (χ0v) is 8.33. The van der Waals surface area contributed by atoms with Crippen LogP contribution in [-0.2, 0) is 6.18 Å². The fourth-order valence-corrected chi connectivity index (χ4v) is 1.33. The molecule has 0 aliphatic rings. The molecule has 0 saturated heterocycles. The third-order valence-corrected chi connectivity index (χ3v) is 2.09. The van der Waals surface area contributed by atoms with Gasteiger partial charge in [-0.25, -0.2) is 0 Å². The minimum atomic E-state index is -4.29. The summed E-state index contributed by atoms with van der Waals surface area (Å²) in [4.78, 5) is 0. The average molecular weight is 254 g/mol. The molecule has 1 nitrogen and oxygen atoms in total. The molecule has 5 heteroatoms. The van der Waals surface area contributed by atoms with E-state index in [2.05, 4.69) is 20.5 Å². The highest BCUT2D eigenvalue weighted by atomic mass is 79.9. The van der Waals surface area contributed by atoms with E-state index in [9.17, 15) is 13.2 Å². The van der Waals surface area contributed by atoms with E-state index in [-0.39, 0.29) is 0 Å². The number of aryl methyl sites for hydroxylation is 1. The maximum Gasteiger partial charge on any atom is 0.416 e. The van der Waals surface area contributed by atoms with Gasteiger partial charge in [0.15, 0.2) is 0 Å². The van der Waals surface area contributed by atoms with Gasteiger partial charge in [0, 0.05) is 21.8 Å². The third-order valence-electron chi connectivity index (χ3n) is 1.67. The summed E-state index contributed by atoms with van der Waals surface area (Å²) in [6.07, 6.45) is -4.29. The molecular weight excluding hydrogens is 247 g/mol. The Morgan fingerprint density at radius 3 is 2.38 bits per heavy atom. The van der Waals surface area contributed by atoms with Crippen LogP contribution in [0.4, 0.5) is 18.9 Å². The second-order valence-electron chi connectivity index (χ2n) is 2.62. The SMILES string of the molecule is Cc1ccc(C(F)(F)F)cc1NBr. The fourth-order valence-electron chi connectivity index (χ4n) is 0.900. The van der Waals surface area contributed by atoms with Gasteiger partial charge in [-0.15, -0.1) is 0 Å². The van der Waals surface area contributed by atoms with Crippen molar-refractivity contribution in [3.05, 3.63) is 29.3 Å². The Kier molecular flexibility index (Phi) is 2.85. The first-order valence-electron chi connectivity index (χ1n) is 3.49. The third kappa shape index (κ3) is 2.37. The molecule has 1 aromatic carbocycles. The van der Waals surface area contributed by atoms with E-state index in [1.165, 1.54) is 6.07 Å². The van der Waals surface area contributed by atoms with Crippen molar-refractivity contribution < 1.29 is 13.2 Å². The van der Waals surface area contributed by atoms with Gasteiger partial charge >= 0.3 is 6.18 Å². The van der Waals surface area contributed by atoms with Gasteiger partial charge in [-0.2, -0.15) is 13.2 Å². The fraction of sp³-hybridized carbons (Fsp3) is 0.250. The summed E-state index contributed by atoms with van der Waals surface area (Å²) in [7, 11) is 0. The summed E-state index contributed by atoms with van der Waals surface area (Å²) in [6, 6.07) is 3.54. The van der Waals surface area contributed by atoms with Crippen molar-refractivity contribution in [1.82, 2.24) is 0 Å². The number of hydrogen-bond donors (Lipinski definition) is 1. The second kappa shape index (κ2) is 3.57. The first kappa shape index (κ1) is 10.4. The van der Waals surface area contributed by atoms with Gasteiger partial charge < -0.3 is 4.34 Å². The molecule has 0 aliphatic carbocycles. The highest BCUT2D eigenvalue weighted by molar-refractivity contribution is 9.10. The quantitative estimate of drug-likeness (QED) is 0.753.